The molecular formula is C13H15N3O. The molecule has 0 N–H and O–H groups in total. The first-order valence-corrected chi connectivity index (χ1v) is 5.43. The fourth-order valence-corrected chi connectivity index (χ4v) is 1.76. The summed E-state index contributed by atoms with van der Waals surface area (Å²) >= 11 is 0. The first kappa shape index (κ1) is 11.4. The Morgan fingerprint density at radius 1 is 1.29 bits per heavy atom. The summed E-state index contributed by atoms with van der Waals surface area (Å²) in [5.41, 5.74) is 2.26. The summed E-state index contributed by atoms with van der Waals surface area (Å²) in [5.74, 6) is -0.0400. The molecule has 1 heterocycles. The maximum absolute atomic E-state index is 12.3. The molecule has 0 saturated heterocycles. The van der Waals surface area contributed by atoms with Crippen molar-refractivity contribution in [2.75, 3.05) is 11.9 Å². The Bertz CT molecular complexity index is 531. The van der Waals surface area contributed by atoms with Crippen molar-refractivity contribution < 1.29 is 4.79 Å². The number of hydrogen-bond donors (Lipinski definition) is 0. The minimum atomic E-state index is -0.0400. The number of aromatic nitrogens is 2. The van der Waals surface area contributed by atoms with Gasteiger partial charge in [-0.2, -0.15) is 5.10 Å². The molecule has 2 rings (SSSR count). The van der Waals surface area contributed by atoms with E-state index < -0.39 is 0 Å². The van der Waals surface area contributed by atoms with Gasteiger partial charge in [0, 0.05) is 26.0 Å². The molecule has 0 aliphatic rings. The number of carbonyl (C=O) groups excluding carboxylic acids is 1. The van der Waals surface area contributed by atoms with Crippen LogP contribution in [0.4, 0.5) is 5.69 Å². The van der Waals surface area contributed by atoms with Crippen LogP contribution in [0.25, 0.3) is 0 Å². The Hall–Kier alpha value is -2.10. The maximum atomic E-state index is 12.3. The van der Waals surface area contributed by atoms with Gasteiger partial charge >= 0.3 is 0 Å². The predicted octanol–water partition coefficient (Wildman–Crippen LogP) is 2.01. The lowest BCUT2D eigenvalue weighted by atomic mass is 10.2. The van der Waals surface area contributed by atoms with Gasteiger partial charge in [-0.1, -0.05) is 18.2 Å². The number of benzene rings is 1. The molecule has 4 heteroatoms. The normalized spacial score (nSPS) is 10.3. The monoisotopic (exact) mass is 229 g/mol. The van der Waals surface area contributed by atoms with Crippen molar-refractivity contribution in [3.63, 3.8) is 0 Å². The fourth-order valence-electron chi connectivity index (χ4n) is 1.76. The third-order valence-corrected chi connectivity index (χ3v) is 2.69. The van der Waals surface area contributed by atoms with Crippen LogP contribution < -0.4 is 4.90 Å². The second kappa shape index (κ2) is 4.41. The summed E-state index contributed by atoms with van der Waals surface area (Å²) in [4.78, 5) is 13.9. The lowest BCUT2D eigenvalue weighted by Crippen LogP contribution is -2.26. The van der Waals surface area contributed by atoms with Crippen LogP contribution in [-0.2, 0) is 7.05 Å². The first-order valence-electron chi connectivity index (χ1n) is 5.43. The third kappa shape index (κ3) is 2.20. The van der Waals surface area contributed by atoms with E-state index in [4.69, 9.17) is 0 Å². The lowest BCUT2D eigenvalue weighted by molar-refractivity contribution is 0.0992. The van der Waals surface area contributed by atoms with Gasteiger partial charge in [-0.05, 0) is 19.1 Å². The average Bonchev–Trinajstić information content (AvgIpc) is 2.68. The van der Waals surface area contributed by atoms with E-state index in [9.17, 15) is 4.79 Å². The third-order valence-electron chi connectivity index (χ3n) is 2.69. The van der Waals surface area contributed by atoms with Crippen molar-refractivity contribution in [1.29, 1.82) is 0 Å². The van der Waals surface area contributed by atoms with E-state index in [0.717, 1.165) is 11.4 Å². The number of carbonyl (C=O) groups is 1. The Kier molecular flexibility index (Phi) is 2.95. The van der Waals surface area contributed by atoms with E-state index >= 15 is 0 Å². The van der Waals surface area contributed by atoms with Gasteiger partial charge in [-0.15, -0.1) is 0 Å². The second-order valence-corrected chi connectivity index (χ2v) is 4.00. The summed E-state index contributed by atoms with van der Waals surface area (Å²) < 4.78 is 1.65. The molecule has 1 aromatic heterocycles. The van der Waals surface area contributed by atoms with Gasteiger partial charge < -0.3 is 4.90 Å². The van der Waals surface area contributed by atoms with Crippen LogP contribution in [0.5, 0.6) is 0 Å². The van der Waals surface area contributed by atoms with E-state index in [0.29, 0.717) is 5.56 Å². The zero-order valence-electron chi connectivity index (χ0n) is 10.2. The van der Waals surface area contributed by atoms with Crippen molar-refractivity contribution in [1.82, 2.24) is 9.78 Å². The molecule has 0 radical (unpaired) electrons. The van der Waals surface area contributed by atoms with Crippen molar-refractivity contribution in [2.45, 2.75) is 6.92 Å². The average molecular weight is 229 g/mol. The first-order chi connectivity index (χ1) is 8.09. The molecular weight excluding hydrogens is 214 g/mol. The highest BCUT2D eigenvalue weighted by Crippen LogP contribution is 2.16. The number of anilines is 1. The van der Waals surface area contributed by atoms with Crippen LogP contribution in [0.1, 0.15) is 16.1 Å². The van der Waals surface area contributed by atoms with Gasteiger partial charge in [0.05, 0.1) is 11.3 Å². The number of amides is 1. The number of aryl methyl sites for hydroxylation is 2. The Morgan fingerprint density at radius 3 is 2.47 bits per heavy atom. The zero-order valence-corrected chi connectivity index (χ0v) is 10.2. The molecule has 0 saturated carbocycles. The number of para-hydroxylation sites is 1. The maximum Gasteiger partial charge on any atom is 0.261 e. The van der Waals surface area contributed by atoms with Gasteiger partial charge in [0.15, 0.2) is 0 Å². The van der Waals surface area contributed by atoms with Gasteiger partial charge in [-0.3, -0.25) is 9.48 Å². The van der Waals surface area contributed by atoms with E-state index in [-0.39, 0.29) is 5.91 Å². The molecule has 0 bridgehead atoms. The Morgan fingerprint density at radius 2 is 1.94 bits per heavy atom. The molecule has 1 amide bonds. The summed E-state index contributed by atoms with van der Waals surface area (Å²) in [6.07, 6.45) is 1.75. The molecule has 1 aromatic carbocycles. The minimum Gasteiger partial charge on any atom is -0.311 e. The molecule has 4 nitrogen and oxygen atoms in total. The van der Waals surface area contributed by atoms with Crippen LogP contribution in [0.15, 0.2) is 36.5 Å². The summed E-state index contributed by atoms with van der Waals surface area (Å²) in [7, 11) is 3.58. The quantitative estimate of drug-likeness (QED) is 0.790. The zero-order chi connectivity index (χ0) is 12.4. The molecule has 17 heavy (non-hydrogen) atoms. The van der Waals surface area contributed by atoms with Crippen molar-refractivity contribution in [3.8, 4) is 0 Å². The molecule has 88 valence electrons. The van der Waals surface area contributed by atoms with Crippen molar-refractivity contribution in [2.24, 2.45) is 7.05 Å². The Labute approximate surface area is 100 Å². The van der Waals surface area contributed by atoms with E-state index in [1.54, 1.807) is 22.8 Å². The summed E-state index contributed by atoms with van der Waals surface area (Å²) in [6.45, 7) is 1.84. The van der Waals surface area contributed by atoms with Gasteiger partial charge in [-0.25, -0.2) is 0 Å². The smallest absolute Gasteiger partial charge is 0.261 e. The number of nitrogens with zero attached hydrogens (tertiary/aromatic N) is 3. The van der Waals surface area contributed by atoms with Gasteiger partial charge in [0.25, 0.3) is 5.91 Å². The van der Waals surface area contributed by atoms with Crippen LogP contribution in [0.3, 0.4) is 0 Å². The van der Waals surface area contributed by atoms with Crippen molar-refractivity contribution in [3.05, 3.63) is 47.8 Å². The standard InChI is InChI=1S/C13H15N3O/c1-10-12(9-15(2)14-10)13(17)16(3)11-7-5-4-6-8-11/h4-9H,1-3H3. The van der Waals surface area contributed by atoms with Crippen molar-refractivity contribution >= 4 is 11.6 Å². The van der Waals surface area contributed by atoms with Crippen LogP contribution in [0.2, 0.25) is 0 Å². The highest BCUT2D eigenvalue weighted by molar-refractivity contribution is 6.06. The number of hydrogen-bond acceptors (Lipinski definition) is 2. The highest BCUT2D eigenvalue weighted by atomic mass is 16.2. The van der Waals surface area contributed by atoms with Crippen LogP contribution in [-0.4, -0.2) is 22.7 Å². The molecule has 0 aliphatic carbocycles. The summed E-state index contributed by atoms with van der Waals surface area (Å²) in [6, 6.07) is 9.56. The molecule has 2 aromatic rings. The fraction of sp³-hybridized carbons (Fsp3) is 0.231. The molecule has 0 aliphatic heterocycles. The summed E-state index contributed by atoms with van der Waals surface area (Å²) in [5, 5.41) is 4.18. The topological polar surface area (TPSA) is 38.1 Å². The van der Waals surface area contributed by atoms with Gasteiger partial charge in [0.2, 0.25) is 0 Å². The number of rotatable bonds is 2. The molecule has 0 fully saturated rings. The SMILES string of the molecule is Cc1nn(C)cc1C(=O)N(C)c1ccccc1. The highest BCUT2D eigenvalue weighted by Gasteiger charge is 2.17. The molecule has 0 spiro atoms. The van der Waals surface area contributed by atoms with Gasteiger partial charge in [0.1, 0.15) is 0 Å². The van der Waals surface area contributed by atoms with Crippen LogP contribution >= 0.6 is 0 Å². The Balaban J connectivity index is 2.30. The van der Waals surface area contributed by atoms with E-state index in [1.807, 2.05) is 44.3 Å². The molecule has 0 atom stereocenters. The second-order valence-electron chi connectivity index (χ2n) is 4.00. The molecule has 0 unspecified atom stereocenters. The minimum absolute atomic E-state index is 0.0400. The largest absolute Gasteiger partial charge is 0.311 e. The lowest BCUT2D eigenvalue weighted by Gasteiger charge is -2.16. The predicted molar refractivity (Wildman–Crippen MR) is 67.1 cm³/mol. The van der Waals surface area contributed by atoms with E-state index in [2.05, 4.69) is 5.10 Å². The van der Waals surface area contributed by atoms with E-state index in [1.165, 1.54) is 0 Å². The van der Waals surface area contributed by atoms with Crippen LogP contribution in [0, 0.1) is 6.92 Å².